The second-order valence-corrected chi connectivity index (χ2v) is 12.6. The lowest BCUT2D eigenvalue weighted by atomic mass is 9.72. The number of Topliss-reactive ketones (excluding diaryl/α,β-unsaturated/α-hetero) is 1. The Bertz CT molecular complexity index is 1630. The molecule has 3 N–H and O–H groups in total. The molecule has 2 aromatic carbocycles. The third kappa shape index (κ3) is 4.61. The van der Waals surface area contributed by atoms with E-state index in [0.717, 1.165) is 0 Å². The summed E-state index contributed by atoms with van der Waals surface area (Å²) < 4.78 is 35.5. The van der Waals surface area contributed by atoms with E-state index in [-0.39, 0.29) is 52.3 Å². The van der Waals surface area contributed by atoms with E-state index in [0.29, 0.717) is 19.6 Å². The maximum absolute atomic E-state index is 13.9. The molecule has 2 aromatic rings. The summed E-state index contributed by atoms with van der Waals surface area (Å²) in [5.74, 6) is -3.43. The number of hydrogen-bond donors (Lipinski definition) is 4. The van der Waals surface area contributed by atoms with Crippen LogP contribution in [-0.2, 0) is 34.9 Å². The second kappa shape index (κ2) is 11.6. The van der Waals surface area contributed by atoms with Crippen LogP contribution in [0.1, 0.15) is 68.8 Å². The molecule has 0 radical (unpaired) electrons. The number of aromatic hydroxyl groups is 2. The Kier molecular flexibility index (Phi) is 7.92. The van der Waals surface area contributed by atoms with Gasteiger partial charge in [0.05, 0.1) is 48.4 Å². The zero-order chi connectivity index (χ0) is 32.7. The molecule has 8 atom stereocenters. The molecule has 246 valence electrons. The van der Waals surface area contributed by atoms with E-state index in [1.165, 1.54) is 25.3 Å². The first-order valence-corrected chi connectivity index (χ1v) is 15.8. The van der Waals surface area contributed by atoms with Crippen molar-refractivity contribution in [2.45, 2.75) is 74.9 Å². The lowest BCUT2D eigenvalue weighted by Gasteiger charge is -2.43. The number of methoxy groups -OCH3 is 2. The fraction of sp³-hybridized carbons (Fsp3) is 0.531. The summed E-state index contributed by atoms with van der Waals surface area (Å²) in [5.41, 5.74) is -2.99. The maximum atomic E-state index is 13.9. The van der Waals surface area contributed by atoms with Gasteiger partial charge in [-0.3, -0.25) is 19.3 Å². The fourth-order valence-electron chi connectivity index (χ4n) is 7.69. The van der Waals surface area contributed by atoms with Crippen molar-refractivity contribution in [3.05, 3.63) is 51.6 Å². The number of carbonyl (C=O) groups is 3. The van der Waals surface area contributed by atoms with Crippen LogP contribution in [-0.4, -0.2) is 113 Å². The first-order chi connectivity index (χ1) is 22.0. The van der Waals surface area contributed by atoms with Gasteiger partial charge in [-0.1, -0.05) is 12.1 Å². The number of morpholine rings is 1. The second-order valence-electron chi connectivity index (χ2n) is 12.3. The lowest BCUT2D eigenvalue weighted by molar-refractivity contribution is -0.256. The van der Waals surface area contributed by atoms with Crippen molar-refractivity contribution in [2.24, 2.45) is 0 Å². The van der Waals surface area contributed by atoms with Crippen molar-refractivity contribution in [2.75, 3.05) is 33.1 Å². The quantitative estimate of drug-likeness (QED) is 0.223. The molecule has 3 fully saturated rings. The van der Waals surface area contributed by atoms with Crippen molar-refractivity contribution < 1.29 is 58.1 Å². The Hall–Kier alpha value is -3.08. The summed E-state index contributed by atoms with van der Waals surface area (Å²) in [6.07, 6.45) is -4.32. The predicted molar refractivity (Wildman–Crippen MR) is 160 cm³/mol. The molecule has 0 saturated carbocycles. The molecule has 7 rings (SSSR count). The molecule has 0 unspecified atom stereocenters. The van der Waals surface area contributed by atoms with E-state index in [2.05, 4.69) is 17.5 Å². The number of carbonyl (C=O) groups excluding carboxylic acids is 3. The van der Waals surface area contributed by atoms with Crippen molar-refractivity contribution in [1.29, 1.82) is 0 Å². The summed E-state index contributed by atoms with van der Waals surface area (Å²) in [7, 11) is 2.91. The number of aliphatic hydroxyl groups is 1. The largest absolute Gasteiger partial charge is 0.507 e. The highest BCUT2D eigenvalue weighted by atomic mass is 32.1. The minimum Gasteiger partial charge on any atom is -0.507 e. The molecule has 0 bridgehead atoms. The smallest absolute Gasteiger partial charge is 0.202 e. The number of rotatable bonds is 6. The predicted octanol–water partition coefficient (Wildman–Crippen LogP) is 1.65. The van der Waals surface area contributed by atoms with Crippen LogP contribution in [0.25, 0.3) is 0 Å². The average molecular weight is 658 g/mol. The summed E-state index contributed by atoms with van der Waals surface area (Å²) in [5, 5.41) is 35.0. The first kappa shape index (κ1) is 31.5. The number of phenols is 2. The lowest BCUT2D eigenvalue weighted by Crippen LogP contribution is -2.55. The van der Waals surface area contributed by atoms with Crippen molar-refractivity contribution in [1.82, 2.24) is 4.90 Å². The zero-order valence-corrected chi connectivity index (χ0v) is 26.3. The van der Waals surface area contributed by atoms with Gasteiger partial charge >= 0.3 is 0 Å². The summed E-state index contributed by atoms with van der Waals surface area (Å²) in [6, 6.07) is 4.35. The number of ether oxygens (including phenoxy) is 6. The Morgan fingerprint density at radius 2 is 1.87 bits per heavy atom. The summed E-state index contributed by atoms with van der Waals surface area (Å²) >= 11 is 4.09. The van der Waals surface area contributed by atoms with E-state index in [1.807, 2.05) is 6.92 Å². The zero-order valence-electron chi connectivity index (χ0n) is 25.4. The molecular weight excluding hydrogens is 622 g/mol. The molecule has 0 spiro atoms. The highest BCUT2D eigenvalue weighted by Gasteiger charge is 2.55. The third-order valence-electron chi connectivity index (χ3n) is 9.84. The minimum absolute atomic E-state index is 0.00266. The van der Waals surface area contributed by atoms with Crippen LogP contribution < -0.4 is 4.74 Å². The van der Waals surface area contributed by atoms with Gasteiger partial charge in [0.25, 0.3) is 0 Å². The molecule has 5 aliphatic rings. The van der Waals surface area contributed by atoms with E-state index in [9.17, 15) is 29.7 Å². The molecule has 14 heteroatoms. The van der Waals surface area contributed by atoms with Crippen molar-refractivity contribution in [3.8, 4) is 17.2 Å². The first-order valence-electron chi connectivity index (χ1n) is 15.1. The van der Waals surface area contributed by atoms with Crippen LogP contribution >= 0.6 is 12.6 Å². The molecule has 46 heavy (non-hydrogen) atoms. The SMILES string of the molecule is COc1cccc2c1C(=O)c1c(O)c3c(c(O)c1C2=O)C[C@@](O)(C(=O)CS)C[C@@H]3O[C@H]1C[C@H]2[C@H](O[C@@H]3[C@@H](OC)OCCN32)[C@H](C)O1. The molecule has 0 amide bonds. The monoisotopic (exact) mass is 657 g/mol. The van der Waals surface area contributed by atoms with Gasteiger partial charge in [0, 0.05) is 55.6 Å². The van der Waals surface area contributed by atoms with Crippen LogP contribution in [0.2, 0.25) is 0 Å². The molecule has 3 heterocycles. The van der Waals surface area contributed by atoms with Gasteiger partial charge < -0.3 is 43.7 Å². The average Bonchev–Trinajstić information content (AvgIpc) is 3.43. The standard InChI is InChI=1S/C32H35NO12S/c1-13-29-16(33-7-8-42-31(41-3)30(33)45-29)9-20(43-13)44-18-11-32(39,19(34)12-46)10-15-22(18)28(38)24-23(26(15)36)25(35)14-5-4-6-17(40-2)21(14)27(24)37/h4-6,13,16,18,20,29-31,36,38-39,46H,7-12H2,1-3H3/t13-,16-,18-,20-,29+,30+,31-,32-/m0/s1. The summed E-state index contributed by atoms with van der Waals surface area (Å²) in [4.78, 5) is 42.8. The molecular formula is C32H35NO12S. The van der Waals surface area contributed by atoms with Crippen LogP contribution in [0.5, 0.6) is 17.2 Å². The van der Waals surface area contributed by atoms with Crippen LogP contribution in [0.3, 0.4) is 0 Å². The third-order valence-corrected chi connectivity index (χ3v) is 10.1. The molecule has 0 aromatic heterocycles. The van der Waals surface area contributed by atoms with Gasteiger partial charge in [0.1, 0.15) is 29.0 Å². The molecule has 2 aliphatic carbocycles. The normalized spacial score (nSPS) is 33.5. The van der Waals surface area contributed by atoms with E-state index in [4.69, 9.17) is 28.4 Å². The van der Waals surface area contributed by atoms with Crippen molar-refractivity contribution >= 4 is 30.0 Å². The molecule has 13 nitrogen and oxygen atoms in total. The van der Waals surface area contributed by atoms with Gasteiger partial charge in [0.15, 0.2) is 30.4 Å². The van der Waals surface area contributed by atoms with Gasteiger partial charge in [-0.2, -0.15) is 12.6 Å². The number of ketones is 3. The number of phenolic OH excluding ortho intramolecular Hbond substituents is 2. The van der Waals surface area contributed by atoms with Crippen LogP contribution in [0, 0.1) is 0 Å². The van der Waals surface area contributed by atoms with Crippen LogP contribution in [0.15, 0.2) is 18.2 Å². The highest BCUT2D eigenvalue weighted by Crippen LogP contribution is 2.53. The van der Waals surface area contributed by atoms with Gasteiger partial charge in [-0.25, -0.2) is 0 Å². The van der Waals surface area contributed by atoms with E-state index in [1.54, 1.807) is 7.11 Å². The van der Waals surface area contributed by atoms with Gasteiger partial charge in [-0.15, -0.1) is 0 Å². The topological polar surface area (TPSA) is 171 Å². The molecule has 3 saturated heterocycles. The Balaban J connectivity index is 1.30. The van der Waals surface area contributed by atoms with E-state index >= 15 is 0 Å². The van der Waals surface area contributed by atoms with Crippen molar-refractivity contribution in [3.63, 3.8) is 0 Å². The van der Waals surface area contributed by atoms with Gasteiger partial charge in [-0.05, 0) is 13.0 Å². The minimum atomic E-state index is -2.05. The number of thiol groups is 1. The van der Waals surface area contributed by atoms with Gasteiger partial charge in [0.2, 0.25) is 5.78 Å². The van der Waals surface area contributed by atoms with E-state index < -0.39 is 83.0 Å². The number of fused-ring (bicyclic) bond motifs is 6. The Labute approximate surface area is 269 Å². The summed E-state index contributed by atoms with van der Waals surface area (Å²) in [6.45, 7) is 2.88. The molecule has 3 aliphatic heterocycles. The number of hydrogen-bond acceptors (Lipinski definition) is 14. The van der Waals surface area contributed by atoms with Crippen LogP contribution in [0.4, 0.5) is 0 Å². The Morgan fingerprint density at radius 3 is 2.59 bits per heavy atom. The Morgan fingerprint density at radius 1 is 1.11 bits per heavy atom. The number of benzene rings is 2. The highest BCUT2D eigenvalue weighted by molar-refractivity contribution is 7.81. The maximum Gasteiger partial charge on any atom is 0.202 e. The number of nitrogens with zero attached hydrogens (tertiary/aromatic N) is 1. The fourth-order valence-corrected chi connectivity index (χ4v) is 7.98.